The molecule has 1 heterocycles. The lowest BCUT2D eigenvalue weighted by molar-refractivity contribution is 0.524. The summed E-state index contributed by atoms with van der Waals surface area (Å²) < 4.78 is 14.9. The maximum absolute atomic E-state index is 13.8. The minimum atomic E-state index is -0.157. The summed E-state index contributed by atoms with van der Waals surface area (Å²) in [7, 11) is 0. The molecule has 0 spiro atoms. The van der Waals surface area contributed by atoms with Gasteiger partial charge in [-0.05, 0) is 24.0 Å². The molecule has 0 aliphatic rings. The lowest BCUT2D eigenvalue weighted by atomic mass is 9.86. The molecule has 1 aromatic carbocycles. The second kappa shape index (κ2) is 3.27. The quantitative estimate of drug-likeness (QED) is 0.656. The number of benzene rings is 1. The van der Waals surface area contributed by atoms with E-state index in [2.05, 4.69) is 4.98 Å². The van der Waals surface area contributed by atoms with Crippen LogP contribution < -0.4 is 0 Å². The molecule has 80 valence electrons. The molecule has 0 saturated heterocycles. The number of nitrogens with zero attached hydrogens (tertiary/aromatic N) is 1. The number of thiazole rings is 1. The highest BCUT2D eigenvalue weighted by Gasteiger charge is 2.19. The Hall–Kier alpha value is -0.960. The number of hydrogen-bond donors (Lipinski definition) is 0. The Labute approximate surface area is 93.0 Å². The van der Waals surface area contributed by atoms with Crippen molar-refractivity contribution in [2.45, 2.75) is 33.1 Å². The Kier molecular flexibility index (Phi) is 2.30. The summed E-state index contributed by atoms with van der Waals surface area (Å²) in [6.45, 7) is 8.00. The minimum absolute atomic E-state index is 0.152. The summed E-state index contributed by atoms with van der Waals surface area (Å²) in [5, 5.41) is 0.982. The number of aromatic nitrogens is 1. The normalized spacial score (nSPS) is 12.3. The minimum Gasteiger partial charge on any atom is -0.241 e. The first-order chi connectivity index (χ1) is 6.88. The van der Waals surface area contributed by atoms with Crippen LogP contribution in [0.3, 0.4) is 0 Å². The van der Waals surface area contributed by atoms with E-state index in [0.717, 1.165) is 20.8 Å². The van der Waals surface area contributed by atoms with Crippen LogP contribution in [-0.4, -0.2) is 4.98 Å². The second-order valence-electron chi connectivity index (χ2n) is 4.78. The molecule has 0 aliphatic heterocycles. The number of fused-ring (bicyclic) bond motifs is 1. The fraction of sp³-hybridized carbons (Fsp3) is 0.417. The Morgan fingerprint density at radius 3 is 2.53 bits per heavy atom. The molecule has 3 heteroatoms. The predicted molar refractivity (Wildman–Crippen MR) is 63.0 cm³/mol. The number of hydrogen-bond acceptors (Lipinski definition) is 2. The van der Waals surface area contributed by atoms with Crippen molar-refractivity contribution in [3.05, 3.63) is 28.5 Å². The van der Waals surface area contributed by atoms with Crippen LogP contribution >= 0.6 is 11.3 Å². The zero-order valence-corrected chi connectivity index (χ0v) is 10.2. The monoisotopic (exact) mass is 223 g/mol. The molecule has 0 amide bonds. The number of aryl methyl sites for hydroxylation is 1. The van der Waals surface area contributed by atoms with Gasteiger partial charge >= 0.3 is 0 Å². The summed E-state index contributed by atoms with van der Waals surface area (Å²) in [5.74, 6) is -0.152. The highest BCUT2D eigenvalue weighted by molar-refractivity contribution is 7.18. The van der Waals surface area contributed by atoms with Crippen LogP contribution in [0.4, 0.5) is 4.39 Å². The maximum atomic E-state index is 13.8. The molecule has 0 saturated carbocycles. The van der Waals surface area contributed by atoms with Crippen LogP contribution in [0.1, 0.15) is 31.3 Å². The highest BCUT2D eigenvalue weighted by atomic mass is 32.1. The first-order valence-corrected chi connectivity index (χ1v) is 5.77. The lowest BCUT2D eigenvalue weighted by Gasteiger charge is -2.19. The third-order valence-corrected chi connectivity index (χ3v) is 3.33. The molecule has 2 rings (SSSR count). The predicted octanol–water partition coefficient (Wildman–Crippen LogP) is 4.04. The van der Waals surface area contributed by atoms with E-state index in [1.807, 2.05) is 33.8 Å². The summed E-state index contributed by atoms with van der Waals surface area (Å²) >= 11 is 1.61. The molecule has 0 aliphatic carbocycles. The van der Waals surface area contributed by atoms with Gasteiger partial charge in [0.15, 0.2) is 0 Å². The first kappa shape index (κ1) is 10.6. The SMILES string of the molecule is Cc1nc2cc(F)c(C(C)(C)C)cc2s1. The number of rotatable bonds is 0. The van der Waals surface area contributed by atoms with Crippen molar-refractivity contribution in [2.75, 3.05) is 0 Å². The van der Waals surface area contributed by atoms with E-state index in [1.54, 1.807) is 17.4 Å². The van der Waals surface area contributed by atoms with Gasteiger partial charge in [0, 0.05) is 6.07 Å². The van der Waals surface area contributed by atoms with Crippen LogP contribution in [-0.2, 0) is 5.41 Å². The average molecular weight is 223 g/mol. The smallest absolute Gasteiger partial charge is 0.129 e. The van der Waals surface area contributed by atoms with Crippen LogP contribution in [0.25, 0.3) is 10.2 Å². The number of halogens is 1. The van der Waals surface area contributed by atoms with Crippen molar-refractivity contribution >= 4 is 21.6 Å². The summed E-state index contributed by atoms with van der Waals surface area (Å²) in [5.41, 5.74) is 1.37. The zero-order chi connectivity index (χ0) is 11.2. The van der Waals surface area contributed by atoms with Crippen LogP contribution in [0.5, 0.6) is 0 Å². The fourth-order valence-electron chi connectivity index (χ4n) is 1.64. The van der Waals surface area contributed by atoms with E-state index < -0.39 is 0 Å². The molecule has 0 radical (unpaired) electrons. The topological polar surface area (TPSA) is 12.9 Å². The average Bonchev–Trinajstić information content (AvgIpc) is 2.40. The Bertz CT molecular complexity index is 508. The van der Waals surface area contributed by atoms with E-state index >= 15 is 0 Å². The molecule has 0 atom stereocenters. The molecule has 2 aromatic rings. The van der Waals surface area contributed by atoms with Crippen LogP contribution in [0, 0.1) is 12.7 Å². The molecule has 1 aromatic heterocycles. The van der Waals surface area contributed by atoms with E-state index in [0.29, 0.717) is 0 Å². The molecule has 1 nitrogen and oxygen atoms in total. The molecular weight excluding hydrogens is 209 g/mol. The molecule has 0 bridgehead atoms. The van der Waals surface area contributed by atoms with Crippen LogP contribution in [0.15, 0.2) is 12.1 Å². The van der Waals surface area contributed by atoms with Crippen molar-refractivity contribution in [1.29, 1.82) is 0 Å². The summed E-state index contributed by atoms with van der Waals surface area (Å²) in [6.07, 6.45) is 0. The molecule has 0 unspecified atom stereocenters. The third-order valence-electron chi connectivity index (χ3n) is 2.39. The van der Waals surface area contributed by atoms with Gasteiger partial charge in [-0.25, -0.2) is 9.37 Å². The fourth-order valence-corrected chi connectivity index (χ4v) is 2.49. The van der Waals surface area contributed by atoms with Crippen molar-refractivity contribution < 1.29 is 4.39 Å². The van der Waals surface area contributed by atoms with Crippen molar-refractivity contribution in [2.24, 2.45) is 0 Å². The molecule has 0 N–H and O–H groups in total. The van der Waals surface area contributed by atoms with Crippen LogP contribution in [0.2, 0.25) is 0 Å². The van der Waals surface area contributed by atoms with Crippen molar-refractivity contribution in [3.8, 4) is 0 Å². The Balaban J connectivity index is 2.72. The highest BCUT2D eigenvalue weighted by Crippen LogP contribution is 2.31. The zero-order valence-electron chi connectivity index (χ0n) is 9.39. The summed E-state index contributed by atoms with van der Waals surface area (Å²) in [4.78, 5) is 4.28. The molecule has 0 fully saturated rings. The molecule has 15 heavy (non-hydrogen) atoms. The van der Waals surface area contributed by atoms with Gasteiger partial charge < -0.3 is 0 Å². The van der Waals surface area contributed by atoms with Crippen molar-refractivity contribution in [1.82, 2.24) is 4.98 Å². The Morgan fingerprint density at radius 1 is 1.27 bits per heavy atom. The standard InChI is InChI=1S/C12H14FNS/c1-7-14-10-6-9(13)8(12(2,3)4)5-11(10)15-7/h5-6H,1-4H3. The van der Waals surface area contributed by atoms with Gasteiger partial charge in [-0.2, -0.15) is 0 Å². The largest absolute Gasteiger partial charge is 0.241 e. The van der Waals surface area contributed by atoms with Gasteiger partial charge in [0.05, 0.1) is 15.2 Å². The van der Waals surface area contributed by atoms with E-state index in [4.69, 9.17) is 0 Å². The second-order valence-corrected chi connectivity index (χ2v) is 6.02. The van der Waals surface area contributed by atoms with Gasteiger partial charge in [0.25, 0.3) is 0 Å². The van der Waals surface area contributed by atoms with Gasteiger partial charge in [0.2, 0.25) is 0 Å². The van der Waals surface area contributed by atoms with E-state index in [-0.39, 0.29) is 11.2 Å². The maximum Gasteiger partial charge on any atom is 0.129 e. The van der Waals surface area contributed by atoms with E-state index in [9.17, 15) is 4.39 Å². The lowest BCUT2D eigenvalue weighted by Crippen LogP contribution is -2.13. The van der Waals surface area contributed by atoms with Gasteiger partial charge in [0.1, 0.15) is 5.82 Å². The third kappa shape index (κ3) is 1.88. The summed E-state index contributed by atoms with van der Waals surface area (Å²) in [6, 6.07) is 3.47. The van der Waals surface area contributed by atoms with Crippen molar-refractivity contribution in [3.63, 3.8) is 0 Å². The van der Waals surface area contributed by atoms with Gasteiger partial charge in [-0.15, -0.1) is 11.3 Å². The van der Waals surface area contributed by atoms with E-state index in [1.165, 1.54) is 0 Å². The first-order valence-electron chi connectivity index (χ1n) is 4.95. The van der Waals surface area contributed by atoms with Gasteiger partial charge in [-0.3, -0.25) is 0 Å². The van der Waals surface area contributed by atoms with Gasteiger partial charge in [-0.1, -0.05) is 20.8 Å². The molecular formula is C12H14FNS. The Morgan fingerprint density at radius 2 is 1.93 bits per heavy atom.